The largest absolute Gasteiger partial charge is 0.352 e. The number of halogens is 2. The predicted octanol–water partition coefficient (Wildman–Crippen LogP) is 5.87. The first-order valence-electron chi connectivity index (χ1n) is 10.4. The van der Waals surface area contributed by atoms with Gasteiger partial charge in [-0.3, -0.25) is 9.59 Å². The van der Waals surface area contributed by atoms with Crippen molar-refractivity contribution in [2.45, 2.75) is 58.5 Å². The number of nitrogens with zero attached hydrogens (tertiary/aromatic N) is 1. The van der Waals surface area contributed by atoms with Crippen LogP contribution in [0.25, 0.3) is 0 Å². The van der Waals surface area contributed by atoms with Gasteiger partial charge in [-0.2, -0.15) is 0 Å². The molecule has 2 rings (SSSR count). The van der Waals surface area contributed by atoms with Crippen LogP contribution in [-0.2, 0) is 21.9 Å². The summed E-state index contributed by atoms with van der Waals surface area (Å²) in [6.45, 7) is 8.18. The number of carbonyl (C=O) groups is 2. The van der Waals surface area contributed by atoms with E-state index in [9.17, 15) is 9.59 Å². The molecule has 1 N–H and O–H groups in total. The Morgan fingerprint density at radius 3 is 2.45 bits per heavy atom. The van der Waals surface area contributed by atoms with Crippen LogP contribution >= 0.6 is 35.0 Å². The number of hydrogen-bond donors (Lipinski definition) is 1. The van der Waals surface area contributed by atoms with Crippen molar-refractivity contribution in [1.29, 1.82) is 0 Å². The molecular weight excluding hydrogens is 451 g/mol. The van der Waals surface area contributed by atoms with Crippen molar-refractivity contribution >= 4 is 46.8 Å². The van der Waals surface area contributed by atoms with Crippen LogP contribution in [0.4, 0.5) is 0 Å². The standard InChI is InChI=1S/C24H30Cl2N2O2S/c1-5-17(3)27-24(30)18(4)28(13-19-8-6-7-16(2)11-19)23(29)15-31-14-20-9-10-21(25)22(26)12-20/h6-12,17-18H,5,13-15H2,1-4H3,(H,27,30)/t17-,18-/m0/s1. The summed E-state index contributed by atoms with van der Waals surface area (Å²) in [5.74, 6) is 0.699. The van der Waals surface area contributed by atoms with E-state index in [0.717, 1.165) is 23.1 Å². The van der Waals surface area contributed by atoms with Crippen LogP contribution in [0.5, 0.6) is 0 Å². The van der Waals surface area contributed by atoms with E-state index in [1.165, 1.54) is 11.8 Å². The lowest BCUT2D eigenvalue weighted by Crippen LogP contribution is -2.50. The molecule has 168 valence electrons. The zero-order valence-corrected chi connectivity index (χ0v) is 20.8. The maximum absolute atomic E-state index is 13.1. The van der Waals surface area contributed by atoms with Crippen LogP contribution in [0.1, 0.15) is 43.9 Å². The van der Waals surface area contributed by atoms with Crippen molar-refractivity contribution < 1.29 is 9.59 Å². The number of nitrogens with one attached hydrogen (secondary N) is 1. The van der Waals surface area contributed by atoms with Crippen molar-refractivity contribution in [2.75, 3.05) is 5.75 Å². The summed E-state index contributed by atoms with van der Waals surface area (Å²) in [7, 11) is 0. The molecular formula is C24H30Cl2N2O2S. The van der Waals surface area contributed by atoms with Crippen LogP contribution < -0.4 is 5.32 Å². The van der Waals surface area contributed by atoms with Crippen molar-refractivity contribution in [3.63, 3.8) is 0 Å². The summed E-state index contributed by atoms with van der Waals surface area (Å²) in [6.07, 6.45) is 0.837. The van der Waals surface area contributed by atoms with E-state index in [1.54, 1.807) is 17.9 Å². The lowest BCUT2D eigenvalue weighted by atomic mass is 10.1. The topological polar surface area (TPSA) is 49.4 Å². The molecule has 0 radical (unpaired) electrons. The van der Waals surface area contributed by atoms with Crippen LogP contribution in [-0.4, -0.2) is 34.6 Å². The number of benzene rings is 2. The maximum atomic E-state index is 13.1. The van der Waals surface area contributed by atoms with Gasteiger partial charge in [0.1, 0.15) is 6.04 Å². The summed E-state index contributed by atoms with van der Waals surface area (Å²) in [4.78, 5) is 27.5. The fourth-order valence-electron chi connectivity index (χ4n) is 3.02. The Bertz CT molecular complexity index is 907. The molecule has 0 aliphatic rings. The smallest absolute Gasteiger partial charge is 0.242 e. The SMILES string of the molecule is CC[C@H](C)NC(=O)[C@H](C)N(Cc1cccc(C)c1)C(=O)CSCc1ccc(Cl)c(Cl)c1. The molecule has 0 saturated heterocycles. The highest BCUT2D eigenvalue weighted by Gasteiger charge is 2.26. The minimum atomic E-state index is -0.562. The van der Waals surface area contributed by atoms with Gasteiger partial charge in [-0.25, -0.2) is 0 Å². The minimum absolute atomic E-state index is 0.0647. The Kier molecular flexibility index (Phi) is 10.2. The second-order valence-electron chi connectivity index (χ2n) is 7.75. The summed E-state index contributed by atoms with van der Waals surface area (Å²) in [6, 6.07) is 13.0. The molecule has 0 bridgehead atoms. The molecule has 31 heavy (non-hydrogen) atoms. The minimum Gasteiger partial charge on any atom is -0.352 e. The second kappa shape index (κ2) is 12.4. The summed E-state index contributed by atoms with van der Waals surface area (Å²) >= 11 is 13.5. The fraction of sp³-hybridized carbons (Fsp3) is 0.417. The van der Waals surface area contributed by atoms with Gasteiger partial charge < -0.3 is 10.2 Å². The average Bonchev–Trinajstić information content (AvgIpc) is 2.73. The van der Waals surface area contributed by atoms with E-state index in [1.807, 2.05) is 57.2 Å². The lowest BCUT2D eigenvalue weighted by molar-refractivity contribution is -0.138. The summed E-state index contributed by atoms with van der Waals surface area (Å²) in [5.41, 5.74) is 3.13. The molecule has 0 aliphatic heterocycles. The number of thioether (sulfide) groups is 1. The molecule has 0 unspecified atom stereocenters. The van der Waals surface area contributed by atoms with E-state index < -0.39 is 6.04 Å². The predicted molar refractivity (Wildman–Crippen MR) is 132 cm³/mol. The number of aryl methyl sites for hydroxylation is 1. The first-order valence-corrected chi connectivity index (χ1v) is 12.3. The van der Waals surface area contributed by atoms with Crippen LogP contribution in [0, 0.1) is 6.92 Å². The molecule has 7 heteroatoms. The van der Waals surface area contributed by atoms with Gasteiger partial charge in [0.15, 0.2) is 0 Å². The van der Waals surface area contributed by atoms with E-state index >= 15 is 0 Å². The Balaban J connectivity index is 2.08. The summed E-state index contributed by atoms with van der Waals surface area (Å²) < 4.78 is 0. The van der Waals surface area contributed by atoms with Crippen LogP contribution in [0.2, 0.25) is 10.0 Å². The molecule has 4 nitrogen and oxygen atoms in total. The number of carbonyl (C=O) groups excluding carboxylic acids is 2. The normalized spacial score (nSPS) is 12.8. The summed E-state index contributed by atoms with van der Waals surface area (Å²) in [5, 5.41) is 4.00. The molecule has 0 saturated carbocycles. The first kappa shape index (κ1) is 25.6. The number of hydrogen-bond acceptors (Lipinski definition) is 3. The Hall–Kier alpha value is -1.69. The molecule has 2 aromatic carbocycles. The van der Waals surface area contributed by atoms with Gasteiger partial charge in [0.2, 0.25) is 11.8 Å². The van der Waals surface area contributed by atoms with Gasteiger partial charge >= 0.3 is 0 Å². The van der Waals surface area contributed by atoms with E-state index in [2.05, 4.69) is 5.32 Å². The number of rotatable bonds is 10. The Morgan fingerprint density at radius 2 is 1.81 bits per heavy atom. The first-order chi connectivity index (χ1) is 14.7. The monoisotopic (exact) mass is 480 g/mol. The van der Waals surface area contributed by atoms with E-state index in [0.29, 0.717) is 22.3 Å². The second-order valence-corrected chi connectivity index (χ2v) is 9.55. The van der Waals surface area contributed by atoms with Gasteiger partial charge in [-0.15, -0.1) is 11.8 Å². The molecule has 0 aromatic heterocycles. The van der Waals surface area contributed by atoms with Gasteiger partial charge in [0.25, 0.3) is 0 Å². The Labute approximate surface area is 199 Å². The fourth-order valence-corrected chi connectivity index (χ4v) is 4.20. The lowest BCUT2D eigenvalue weighted by Gasteiger charge is -2.29. The average molecular weight is 481 g/mol. The maximum Gasteiger partial charge on any atom is 0.242 e. The highest BCUT2D eigenvalue weighted by atomic mass is 35.5. The quantitative estimate of drug-likeness (QED) is 0.462. The van der Waals surface area contributed by atoms with Gasteiger partial charge in [0.05, 0.1) is 15.8 Å². The van der Waals surface area contributed by atoms with E-state index in [-0.39, 0.29) is 23.6 Å². The van der Waals surface area contributed by atoms with Gasteiger partial charge in [0, 0.05) is 18.3 Å². The van der Waals surface area contributed by atoms with Crippen molar-refractivity contribution in [3.8, 4) is 0 Å². The highest BCUT2D eigenvalue weighted by molar-refractivity contribution is 7.99. The molecule has 0 heterocycles. The van der Waals surface area contributed by atoms with Gasteiger partial charge in [-0.05, 0) is 50.5 Å². The molecule has 2 amide bonds. The number of amides is 2. The van der Waals surface area contributed by atoms with Crippen molar-refractivity contribution in [1.82, 2.24) is 10.2 Å². The van der Waals surface area contributed by atoms with Crippen molar-refractivity contribution in [2.24, 2.45) is 0 Å². The zero-order chi connectivity index (χ0) is 23.0. The molecule has 0 fully saturated rings. The third kappa shape index (κ3) is 8.06. The van der Waals surface area contributed by atoms with E-state index in [4.69, 9.17) is 23.2 Å². The van der Waals surface area contributed by atoms with Crippen molar-refractivity contribution in [3.05, 3.63) is 69.2 Å². The third-order valence-electron chi connectivity index (χ3n) is 5.08. The highest BCUT2D eigenvalue weighted by Crippen LogP contribution is 2.25. The Morgan fingerprint density at radius 1 is 1.06 bits per heavy atom. The molecule has 2 aromatic rings. The zero-order valence-electron chi connectivity index (χ0n) is 18.5. The molecule has 0 spiro atoms. The van der Waals surface area contributed by atoms with Crippen LogP contribution in [0.3, 0.4) is 0 Å². The van der Waals surface area contributed by atoms with Gasteiger partial charge in [-0.1, -0.05) is 66.0 Å². The van der Waals surface area contributed by atoms with Crippen LogP contribution in [0.15, 0.2) is 42.5 Å². The molecule has 0 aliphatic carbocycles. The molecule has 2 atom stereocenters. The third-order valence-corrected chi connectivity index (χ3v) is 6.81.